The minimum atomic E-state index is -2.17. The van der Waals surface area contributed by atoms with Crippen molar-refractivity contribution in [2.75, 3.05) is 0 Å². The van der Waals surface area contributed by atoms with Crippen molar-refractivity contribution in [3.8, 4) is 0 Å². The zero-order valence-corrected chi connectivity index (χ0v) is 4.12. The second-order valence-corrected chi connectivity index (χ2v) is 1.96. The lowest BCUT2D eigenvalue weighted by Gasteiger charge is -1.65. The Balaban J connectivity index is 4.58. The van der Waals surface area contributed by atoms with Crippen molar-refractivity contribution in [1.29, 1.82) is 0 Å². The van der Waals surface area contributed by atoms with Crippen LogP contribution < -0.4 is 5.73 Å². The predicted molar refractivity (Wildman–Crippen MR) is 23.8 cm³/mol. The first-order valence-corrected chi connectivity index (χ1v) is 2.40. The molecule has 0 aliphatic rings. The summed E-state index contributed by atoms with van der Waals surface area (Å²) in [6.07, 6.45) is 0. The van der Waals surface area contributed by atoms with Gasteiger partial charge >= 0.3 is 0 Å². The zero-order valence-electron chi connectivity index (χ0n) is 3.30. The number of hydrogen-bond donors (Lipinski definition) is 1. The highest BCUT2D eigenvalue weighted by Crippen LogP contribution is 1.45. The van der Waals surface area contributed by atoms with Gasteiger partial charge < -0.3 is 0 Å². The molecule has 6 heavy (non-hydrogen) atoms. The predicted octanol–water partition coefficient (Wildman–Crippen LogP) is -1.03. The molecule has 0 aliphatic heterocycles. The molecule has 0 atom stereocenters. The van der Waals surface area contributed by atoms with Crippen molar-refractivity contribution >= 4 is 15.3 Å². The van der Waals surface area contributed by atoms with Gasteiger partial charge in [0.25, 0.3) is 0 Å². The van der Waals surface area contributed by atoms with Gasteiger partial charge in [0.2, 0.25) is 10.3 Å². The maximum atomic E-state index is 9.54. The number of nitrogens with two attached hydrogens (primary N) is 1. The van der Waals surface area contributed by atoms with Gasteiger partial charge in [0, 0.05) is 0 Å². The Morgan fingerprint density at radius 2 is 1.83 bits per heavy atom. The van der Waals surface area contributed by atoms with Crippen LogP contribution in [-0.4, -0.2) is 13.4 Å². The van der Waals surface area contributed by atoms with E-state index < -0.39 is 10.3 Å². The smallest absolute Gasteiger partial charge is 0.227 e. The Hall–Kier alpha value is -0.350. The Labute approximate surface area is 37.3 Å². The van der Waals surface area contributed by atoms with Gasteiger partial charge in [0.15, 0.2) is 0 Å². The molecule has 3 nitrogen and oxygen atoms in total. The summed E-state index contributed by atoms with van der Waals surface area (Å²) in [6, 6.07) is 0. The average molecular weight is 107 g/mol. The molecule has 0 amide bonds. The molecule has 0 aromatic rings. The third-order valence-electron chi connectivity index (χ3n) is 0.263. The van der Waals surface area contributed by atoms with Crippen molar-refractivity contribution in [1.82, 2.24) is 0 Å². The van der Waals surface area contributed by atoms with Gasteiger partial charge in [-0.15, -0.1) is 0 Å². The zero-order chi connectivity index (χ0) is 5.15. The van der Waals surface area contributed by atoms with E-state index in [2.05, 4.69) is 0 Å². The SMILES string of the molecule is CC(N)=S(=O)=O. The van der Waals surface area contributed by atoms with Crippen molar-refractivity contribution in [2.45, 2.75) is 6.92 Å². The van der Waals surface area contributed by atoms with Gasteiger partial charge in [-0.05, 0) is 6.92 Å². The average Bonchev–Trinajstić information content (AvgIpc) is 1.36. The third-order valence-corrected chi connectivity index (χ3v) is 0.789. The molecular formula is C2H5NO2S. The third kappa shape index (κ3) is 1.92. The molecule has 0 rings (SSSR count). The van der Waals surface area contributed by atoms with E-state index in [9.17, 15) is 8.42 Å². The summed E-state index contributed by atoms with van der Waals surface area (Å²) < 4.78 is 19.1. The fraction of sp³-hybridized carbons (Fsp3) is 0.500. The van der Waals surface area contributed by atoms with Gasteiger partial charge in [-0.25, -0.2) is 0 Å². The molecule has 0 saturated heterocycles. The minimum Gasteiger partial charge on any atom is -0.293 e. The molecular weight excluding hydrogens is 102 g/mol. The van der Waals surface area contributed by atoms with Crippen LogP contribution in [0, 0.1) is 0 Å². The van der Waals surface area contributed by atoms with Gasteiger partial charge in [-0.3, -0.25) is 5.73 Å². The standard InChI is InChI=1S/C2H5NO2S/c1-2(3)6(4)5/h3H2,1H3. The van der Waals surface area contributed by atoms with Crippen molar-refractivity contribution < 1.29 is 8.42 Å². The number of hydrogen-bond acceptors (Lipinski definition) is 2. The lowest BCUT2D eigenvalue weighted by Crippen LogP contribution is -2.05. The summed E-state index contributed by atoms with van der Waals surface area (Å²) in [5.41, 5.74) is 4.74. The quantitative estimate of drug-likeness (QED) is 0.403. The van der Waals surface area contributed by atoms with Gasteiger partial charge in [0.1, 0.15) is 4.99 Å². The molecule has 0 saturated carbocycles. The van der Waals surface area contributed by atoms with Crippen molar-refractivity contribution in [2.24, 2.45) is 5.73 Å². The topological polar surface area (TPSA) is 60.2 Å². The first kappa shape index (κ1) is 5.65. The molecule has 0 heterocycles. The summed E-state index contributed by atoms with van der Waals surface area (Å²) in [7, 11) is -2.17. The molecule has 0 bridgehead atoms. The molecule has 0 aromatic heterocycles. The Morgan fingerprint density at radius 1 is 1.67 bits per heavy atom. The first-order chi connectivity index (χ1) is 2.64. The van der Waals surface area contributed by atoms with Crippen LogP contribution in [0.1, 0.15) is 6.92 Å². The van der Waals surface area contributed by atoms with Gasteiger partial charge in [-0.2, -0.15) is 8.42 Å². The number of rotatable bonds is 0. The van der Waals surface area contributed by atoms with Crippen LogP contribution in [0.2, 0.25) is 0 Å². The van der Waals surface area contributed by atoms with Gasteiger partial charge in [-0.1, -0.05) is 0 Å². The molecule has 2 N–H and O–H groups in total. The summed E-state index contributed by atoms with van der Waals surface area (Å²) in [5.74, 6) is 0. The highest BCUT2D eigenvalue weighted by Gasteiger charge is 1.71. The molecule has 0 spiro atoms. The van der Waals surface area contributed by atoms with E-state index >= 15 is 0 Å². The second kappa shape index (κ2) is 1.94. The first-order valence-electron chi connectivity index (χ1n) is 1.33. The summed E-state index contributed by atoms with van der Waals surface area (Å²) in [4.78, 5) is -0.0741. The van der Waals surface area contributed by atoms with Crippen LogP contribution in [0.3, 0.4) is 0 Å². The second-order valence-electron chi connectivity index (χ2n) is 0.845. The van der Waals surface area contributed by atoms with Crippen LogP contribution in [0.25, 0.3) is 0 Å². The highest BCUT2D eigenvalue weighted by molar-refractivity contribution is 7.72. The van der Waals surface area contributed by atoms with Crippen molar-refractivity contribution in [3.63, 3.8) is 0 Å². The molecule has 4 heteroatoms. The minimum absolute atomic E-state index is 0.0741. The van der Waals surface area contributed by atoms with E-state index in [0.29, 0.717) is 0 Å². The molecule has 0 radical (unpaired) electrons. The maximum absolute atomic E-state index is 9.54. The van der Waals surface area contributed by atoms with E-state index in [-0.39, 0.29) is 4.99 Å². The van der Waals surface area contributed by atoms with E-state index in [1.54, 1.807) is 0 Å². The molecule has 0 fully saturated rings. The largest absolute Gasteiger partial charge is 0.293 e. The lowest BCUT2D eigenvalue weighted by molar-refractivity contribution is 0.627. The molecule has 0 aliphatic carbocycles. The van der Waals surface area contributed by atoms with E-state index in [1.807, 2.05) is 0 Å². The van der Waals surface area contributed by atoms with E-state index in [0.717, 1.165) is 0 Å². The molecule has 0 unspecified atom stereocenters. The monoisotopic (exact) mass is 107 g/mol. The highest BCUT2D eigenvalue weighted by atomic mass is 32.2. The fourth-order valence-electron chi connectivity index (χ4n) is 0. The van der Waals surface area contributed by atoms with Gasteiger partial charge in [0.05, 0.1) is 0 Å². The van der Waals surface area contributed by atoms with Crippen LogP contribution in [0.4, 0.5) is 0 Å². The van der Waals surface area contributed by atoms with Crippen LogP contribution in [0.15, 0.2) is 0 Å². The Bertz CT molecular complexity index is 142. The van der Waals surface area contributed by atoms with E-state index in [1.165, 1.54) is 6.92 Å². The Morgan fingerprint density at radius 3 is 1.83 bits per heavy atom. The fourth-order valence-corrected chi connectivity index (χ4v) is 0. The normalized spacial score (nSPS) is 7.67. The summed E-state index contributed by atoms with van der Waals surface area (Å²) in [6.45, 7) is 1.32. The van der Waals surface area contributed by atoms with Crippen LogP contribution in [0.5, 0.6) is 0 Å². The summed E-state index contributed by atoms with van der Waals surface area (Å²) in [5, 5.41) is 0. The van der Waals surface area contributed by atoms with E-state index in [4.69, 9.17) is 5.73 Å². The van der Waals surface area contributed by atoms with Crippen LogP contribution in [-0.2, 0) is 10.3 Å². The Kier molecular flexibility index (Phi) is 1.83. The van der Waals surface area contributed by atoms with Crippen molar-refractivity contribution in [3.05, 3.63) is 0 Å². The van der Waals surface area contributed by atoms with Crippen LogP contribution >= 0.6 is 0 Å². The summed E-state index contributed by atoms with van der Waals surface area (Å²) >= 11 is 0. The molecule has 0 aromatic carbocycles. The maximum Gasteiger partial charge on any atom is 0.227 e. The lowest BCUT2D eigenvalue weighted by atomic mass is 10.8. The molecule has 36 valence electrons.